The molecule has 1 aliphatic rings. The largest absolute Gasteiger partial charge is 0.378 e. The lowest BCUT2D eigenvalue weighted by Crippen LogP contribution is -2.35. The lowest BCUT2D eigenvalue weighted by Gasteiger charge is -2.23. The van der Waals surface area contributed by atoms with Gasteiger partial charge in [0.2, 0.25) is 0 Å². The molecule has 3 heteroatoms. The molecule has 2 atom stereocenters. The zero-order valence-electron chi connectivity index (χ0n) is 17.1. The fraction of sp³-hybridized carbons (Fsp3) is 0.583. The Morgan fingerprint density at radius 2 is 1.93 bits per heavy atom. The second kappa shape index (κ2) is 10.8. The maximum atomic E-state index is 5.95. The molecule has 1 fully saturated rings. The number of nitrogens with zero attached hydrogens (tertiary/aromatic N) is 1. The molecule has 0 amide bonds. The summed E-state index contributed by atoms with van der Waals surface area (Å²) in [6.45, 7) is 11.0. The van der Waals surface area contributed by atoms with E-state index in [1.165, 1.54) is 35.6 Å². The van der Waals surface area contributed by atoms with Crippen molar-refractivity contribution >= 4 is 10.8 Å². The summed E-state index contributed by atoms with van der Waals surface area (Å²) in [5.74, 6) is 0.621. The Bertz CT molecular complexity index is 672. The van der Waals surface area contributed by atoms with Crippen molar-refractivity contribution in [1.82, 2.24) is 10.2 Å². The molecule has 0 aliphatic carbocycles. The smallest absolute Gasteiger partial charge is 0.0579 e. The van der Waals surface area contributed by atoms with Crippen LogP contribution in [0.2, 0.25) is 0 Å². The fourth-order valence-corrected chi connectivity index (χ4v) is 4.31. The molecule has 3 nitrogen and oxygen atoms in total. The first-order valence-corrected chi connectivity index (χ1v) is 10.8. The number of hydrogen-bond donors (Lipinski definition) is 1. The van der Waals surface area contributed by atoms with Crippen molar-refractivity contribution in [3.05, 3.63) is 48.0 Å². The highest BCUT2D eigenvalue weighted by Gasteiger charge is 2.21. The van der Waals surface area contributed by atoms with Crippen LogP contribution in [-0.4, -0.2) is 50.3 Å². The van der Waals surface area contributed by atoms with Gasteiger partial charge in [0.1, 0.15) is 0 Å². The molecule has 2 aromatic carbocycles. The summed E-state index contributed by atoms with van der Waals surface area (Å²) < 4.78 is 5.95. The summed E-state index contributed by atoms with van der Waals surface area (Å²) in [6.07, 6.45) is 5.20. The average Bonchev–Trinajstić information content (AvgIpc) is 3.21. The van der Waals surface area contributed by atoms with E-state index >= 15 is 0 Å². The van der Waals surface area contributed by atoms with Gasteiger partial charge < -0.3 is 15.0 Å². The Hall–Kier alpha value is -1.42. The van der Waals surface area contributed by atoms with E-state index in [0.29, 0.717) is 12.0 Å². The van der Waals surface area contributed by atoms with Crippen molar-refractivity contribution in [2.75, 3.05) is 39.3 Å². The first-order chi connectivity index (χ1) is 13.3. The highest BCUT2D eigenvalue weighted by atomic mass is 16.5. The Balaban J connectivity index is 1.62. The van der Waals surface area contributed by atoms with Gasteiger partial charge in [-0.2, -0.15) is 0 Å². The van der Waals surface area contributed by atoms with Crippen molar-refractivity contribution in [1.29, 1.82) is 0 Å². The Morgan fingerprint density at radius 1 is 1.11 bits per heavy atom. The normalized spacial score (nSPS) is 18.4. The molecule has 0 spiro atoms. The van der Waals surface area contributed by atoms with E-state index in [1.807, 2.05) is 0 Å². The summed E-state index contributed by atoms with van der Waals surface area (Å²) in [5.41, 5.74) is 1.47. The molecule has 2 unspecified atom stereocenters. The topological polar surface area (TPSA) is 24.5 Å². The van der Waals surface area contributed by atoms with Gasteiger partial charge in [-0.1, -0.05) is 56.3 Å². The number of ether oxygens (including phenoxy) is 1. The number of likely N-dealkylation sites (N-methyl/N-ethyl adjacent to an activating group) is 1. The monoisotopic (exact) mass is 368 g/mol. The first-order valence-electron chi connectivity index (χ1n) is 10.8. The minimum atomic E-state index is 0.453. The van der Waals surface area contributed by atoms with Crippen LogP contribution in [0.3, 0.4) is 0 Å². The Kier molecular flexibility index (Phi) is 8.12. The fourth-order valence-electron chi connectivity index (χ4n) is 4.31. The zero-order valence-corrected chi connectivity index (χ0v) is 17.1. The average molecular weight is 369 g/mol. The van der Waals surface area contributed by atoms with E-state index in [4.69, 9.17) is 4.74 Å². The molecule has 0 saturated carbocycles. The zero-order chi connectivity index (χ0) is 18.9. The molecule has 148 valence electrons. The van der Waals surface area contributed by atoms with Gasteiger partial charge in [-0.25, -0.2) is 0 Å². The number of benzene rings is 2. The van der Waals surface area contributed by atoms with Crippen molar-refractivity contribution in [2.24, 2.45) is 5.92 Å². The molecule has 1 saturated heterocycles. The van der Waals surface area contributed by atoms with Gasteiger partial charge >= 0.3 is 0 Å². The van der Waals surface area contributed by atoms with Crippen LogP contribution in [0, 0.1) is 5.92 Å². The predicted octanol–water partition coefficient (Wildman–Crippen LogP) is 4.50. The third-order valence-corrected chi connectivity index (χ3v) is 5.94. The lowest BCUT2D eigenvalue weighted by molar-refractivity contribution is 0.0892. The molecular formula is C24H36N2O. The quantitative estimate of drug-likeness (QED) is 0.591. The van der Waals surface area contributed by atoms with E-state index in [9.17, 15) is 0 Å². The molecule has 0 radical (unpaired) electrons. The highest BCUT2D eigenvalue weighted by Crippen LogP contribution is 2.26. The van der Waals surface area contributed by atoms with Gasteiger partial charge in [0.25, 0.3) is 0 Å². The standard InChI is InChI=1S/C24H36N2O/c1-3-26(4-2)15-14-25-19-20(18-23-12-8-16-27-23)17-22-11-7-10-21-9-5-6-13-24(21)22/h5-7,9-11,13,20,23,25H,3-4,8,12,14-19H2,1-2H3. The van der Waals surface area contributed by atoms with Gasteiger partial charge in [-0.05, 0) is 67.6 Å². The van der Waals surface area contributed by atoms with Crippen LogP contribution in [0.4, 0.5) is 0 Å². The van der Waals surface area contributed by atoms with Crippen LogP contribution in [0.25, 0.3) is 10.8 Å². The molecule has 0 aromatic heterocycles. The molecule has 3 rings (SSSR count). The van der Waals surface area contributed by atoms with Crippen LogP contribution < -0.4 is 5.32 Å². The third kappa shape index (κ3) is 6.03. The van der Waals surface area contributed by atoms with Crippen molar-refractivity contribution in [3.8, 4) is 0 Å². The summed E-state index contributed by atoms with van der Waals surface area (Å²) in [7, 11) is 0. The minimum absolute atomic E-state index is 0.453. The summed E-state index contributed by atoms with van der Waals surface area (Å²) >= 11 is 0. The Morgan fingerprint density at radius 3 is 2.70 bits per heavy atom. The van der Waals surface area contributed by atoms with E-state index in [-0.39, 0.29) is 0 Å². The molecule has 1 aliphatic heterocycles. The number of rotatable bonds is 11. The maximum absolute atomic E-state index is 5.95. The molecule has 27 heavy (non-hydrogen) atoms. The molecule has 1 heterocycles. The summed E-state index contributed by atoms with van der Waals surface area (Å²) in [5, 5.41) is 6.48. The van der Waals surface area contributed by atoms with E-state index < -0.39 is 0 Å². The number of fused-ring (bicyclic) bond motifs is 1. The van der Waals surface area contributed by atoms with Crippen LogP contribution in [0.1, 0.15) is 38.7 Å². The van der Waals surface area contributed by atoms with Crippen LogP contribution in [0.15, 0.2) is 42.5 Å². The minimum Gasteiger partial charge on any atom is -0.378 e. The van der Waals surface area contributed by atoms with Crippen LogP contribution in [0.5, 0.6) is 0 Å². The van der Waals surface area contributed by atoms with E-state index in [2.05, 4.69) is 66.5 Å². The Labute approximate surface area is 165 Å². The van der Waals surface area contributed by atoms with Crippen molar-refractivity contribution < 1.29 is 4.74 Å². The van der Waals surface area contributed by atoms with Gasteiger partial charge in [-0.15, -0.1) is 0 Å². The second-order valence-electron chi connectivity index (χ2n) is 7.81. The number of nitrogens with one attached hydrogen (secondary N) is 1. The highest BCUT2D eigenvalue weighted by molar-refractivity contribution is 5.85. The van der Waals surface area contributed by atoms with Gasteiger partial charge in [0.15, 0.2) is 0 Å². The molecule has 0 bridgehead atoms. The third-order valence-electron chi connectivity index (χ3n) is 5.94. The maximum Gasteiger partial charge on any atom is 0.0579 e. The SMILES string of the molecule is CCN(CC)CCNCC(Cc1cccc2ccccc12)CC1CCCO1. The van der Waals surface area contributed by atoms with Gasteiger partial charge in [-0.3, -0.25) is 0 Å². The van der Waals surface area contributed by atoms with Crippen LogP contribution >= 0.6 is 0 Å². The first kappa shape index (κ1) is 20.3. The van der Waals surface area contributed by atoms with Crippen LogP contribution in [-0.2, 0) is 11.2 Å². The number of hydrogen-bond acceptors (Lipinski definition) is 3. The second-order valence-corrected chi connectivity index (χ2v) is 7.81. The molecular weight excluding hydrogens is 332 g/mol. The van der Waals surface area contributed by atoms with E-state index in [1.54, 1.807) is 0 Å². The molecule has 2 aromatic rings. The summed E-state index contributed by atoms with van der Waals surface area (Å²) in [4.78, 5) is 2.48. The lowest BCUT2D eigenvalue weighted by atomic mass is 9.90. The molecule has 1 N–H and O–H groups in total. The van der Waals surface area contributed by atoms with E-state index in [0.717, 1.165) is 45.8 Å². The van der Waals surface area contributed by atoms with Gasteiger partial charge in [0.05, 0.1) is 6.10 Å². The summed E-state index contributed by atoms with van der Waals surface area (Å²) in [6, 6.07) is 15.5. The predicted molar refractivity (Wildman–Crippen MR) is 115 cm³/mol. The van der Waals surface area contributed by atoms with Gasteiger partial charge in [0, 0.05) is 19.7 Å². The van der Waals surface area contributed by atoms with Crippen molar-refractivity contribution in [3.63, 3.8) is 0 Å². The van der Waals surface area contributed by atoms with Crippen molar-refractivity contribution in [2.45, 2.75) is 45.6 Å².